The van der Waals surface area contributed by atoms with Crippen LogP contribution in [0.25, 0.3) is 0 Å². The van der Waals surface area contributed by atoms with Gasteiger partial charge in [0.25, 0.3) is 0 Å². The van der Waals surface area contributed by atoms with Crippen LogP contribution in [0.15, 0.2) is 0 Å². The molecule has 0 aromatic carbocycles. The van der Waals surface area contributed by atoms with E-state index in [0.717, 1.165) is 6.42 Å². The molecule has 0 radical (unpaired) electrons. The van der Waals surface area contributed by atoms with Crippen LogP contribution in [0.3, 0.4) is 0 Å². The fourth-order valence-electron chi connectivity index (χ4n) is 1.19. The van der Waals surface area contributed by atoms with E-state index in [-0.39, 0.29) is 6.61 Å². The van der Waals surface area contributed by atoms with Crippen LogP contribution in [-0.2, 0) is 0 Å². The van der Waals surface area contributed by atoms with Crippen LogP contribution >= 0.6 is 0 Å². The van der Waals surface area contributed by atoms with Crippen molar-refractivity contribution in [1.29, 1.82) is 0 Å². The van der Waals surface area contributed by atoms with Gasteiger partial charge in [-0.3, -0.25) is 0 Å². The normalized spacial score (nSPS) is 16.5. The van der Waals surface area contributed by atoms with Gasteiger partial charge in [0.2, 0.25) is 0 Å². The SMILES string of the molecule is CC(C)C[C@H](C)NC[C@H](O)CO. The van der Waals surface area contributed by atoms with Crippen LogP contribution in [0.4, 0.5) is 0 Å². The maximum absolute atomic E-state index is 9.03. The van der Waals surface area contributed by atoms with E-state index in [1.54, 1.807) is 0 Å². The molecule has 3 heteroatoms. The smallest absolute Gasteiger partial charge is 0.0895 e. The Hall–Kier alpha value is -0.120. The standard InChI is InChI=1S/C9H21NO2/c1-7(2)4-8(3)10-5-9(12)6-11/h7-12H,4-6H2,1-3H3/t8-,9-/m0/s1. The van der Waals surface area contributed by atoms with E-state index >= 15 is 0 Å². The van der Waals surface area contributed by atoms with Gasteiger partial charge in [0.05, 0.1) is 12.7 Å². The molecule has 0 aliphatic rings. The third-order valence-electron chi connectivity index (χ3n) is 1.74. The van der Waals surface area contributed by atoms with Gasteiger partial charge in [-0.2, -0.15) is 0 Å². The maximum Gasteiger partial charge on any atom is 0.0895 e. The van der Waals surface area contributed by atoms with Crippen LogP contribution in [0.2, 0.25) is 0 Å². The van der Waals surface area contributed by atoms with E-state index in [1.165, 1.54) is 0 Å². The summed E-state index contributed by atoms with van der Waals surface area (Å²) >= 11 is 0. The lowest BCUT2D eigenvalue weighted by Gasteiger charge is -2.17. The Morgan fingerprint density at radius 1 is 1.25 bits per heavy atom. The van der Waals surface area contributed by atoms with Crippen molar-refractivity contribution in [2.75, 3.05) is 13.2 Å². The average molecular weight is 175 g/mol. The minimum absolute atomic E-state index is 0.165. The second-order valence-electron chi connectivity index (χ2n) is 3.78. The highest BCUT2D eigenvalue weighted by molar-refractivity contribution is 4.65. The molecule has 0 heterocycles. The van der Waals surface area contributed by atoms with Gasteiger partial charge in [-0.1, -0.05) is 13.8 Å². The van der Waals surface area contributed by atoms with Gasteiger partial charge in [-0.05, 0) is 19.3 Å². The summed E-state index contributed by atoms with van der Waals surface area (Å²) in [6.45, 7) is 6.73. The van der Waals surface area contributed by atoms with Gasteiger partial charge < -0.3 is 15.5 Å². The molecule has 2 atom stereocenters. The molecule has 0 aliphatic heterocycles. The first-order valence-corrected chi connectivity index (χ1v) is 4.58. The summed E-state index contributed by atoms with van der Waals surface area (Å²) in [5, 5.41) is 20.7. The number of aliphatic hydroxyl groups excluding tert-OH is 2. The van der Waals surface area contributed by atoms with Gasteiger partial charge in [0, 0.05) is 12.6 Å². The molecule has 0 aromatic heterocycles. The summed E-state index contributed by atoms with van der Waals surface area (Å²) < 4.78 is 0. The maximum atomic E-state index is 9.03. The first kappa shape index (κ1) is 11.9. The first-order valence-electron chi connectivity index (χ1n) is 4.58. The summed E-state index contributed by atoms with van der Waals surface area (Å²) in [4.78, 5) is 0. The minimum atomic E-state index is -0.625. The van der Waals surface area contributed by atoms with Crippen molar-refractivity contribution in [2.45, 2.75) is 39.3 Å². The summed E-state index contributed by atoms with van der Waals surface area (Å²) in [7, 11) is 0. The predicted molar refractivity (Wildman–Crippen MR) is 50.0 cm³/mol. The summed E-state index contributed by atoms with van der Waals surface area (Å²) in [5.41, 5.74) is 0. The van der Waals surface area contributed by atoms with Crippen molar-refractivity contribution in [2.24, 2.45) is 5.92 Å². The fourth-order valence-corrected chi connectivity index (χ4v) is 1.19. The Balaban J connectivity index is 3.36. The molecule has 3 nitrogen and oxygen atoms in total. The van der Waals surface area contributed by atoms with Crippen molar-refractivity contribution in [3.63, 3.8) is 0 Å². The second kappa shape index (κ2) is 6.40. The quantitative estimate of drug-likeness (QED) is 0.546. The molecule has 0 spiro atoms. The van der Waals surface area contributed by atoms with Crippen molar-refractivity contribution in [3.8, 4) is 0 Å². The molecule has 0 rings (SSSR count). The fraction of sp³-hybridized carbons (Fsp3) is 1.00. The third kappa shape index (κ3) is 6.58. The molecule has 3 N–H and O–H groups in total. The Morgan fingerprint density at radius 3 is 2.25 bits per heavy atom. The Labute approximate surface area is 74.8 Å². The van der Waals surface area contributed by atoms with Gasteiger partial charge in [-0.25, -0.2) is 0 Å². The van der Waals surface area contributed by atoms with Crippen molar-refractivity contribution in [1.82, 2.24) is 5.32 Å². The number of nitrogens with one attached hydrogen (secondary N) is 1. The largest absolute Gasteiger partial charge is 0.394 e. The number of aliphatic hydroxyl groups is 2. The molecule has 0 unspecified atom stereocenters. The second-order valence-corrected chi connectivity index (χ2v) is 3.78. The van der Waals surface area contributed by atoms with Gasteiger partial charge in [-0.15, -0.1) is 0 Å². The monoisotopic (exact) mass is 175 g/mol. The molecule has 0 fully saturated rings. The van der Waals surface area contributed by atoms with Crippen LogP contribution < -0.4 is 5.32 Å². The van der Waals surface area contributed by atoms with E-state index in [0.29, 0.717) is 18.5 Å². The molecular formula is C9H21NO2. The zero-order valence-corrected chi connectivity index (χ0v) is 8.25. The van der Waals surface area contributed by atoms with Crippen molar-refractivity contribution >= 4 is 0 Å². The summed E-state index contributed by atoms with van der Waals surface area (Å²) in [6, 6.07) is 0.409. The lowest BCUT2D eigenvalue weighted by atomic mass is 10.1. The zero-order chi connectivity index (χ0) is 9.56. The van der Waals surface area contributed by atoms with Crippen molar-refractivity contribution in [3.05, 3.63) is 0 Å². The predicted octanol–water partition coefficient (Wildman–Crippen LogP) is 0.364. The molecule has 12 heavy (non-hydrogen) atoms. The van der Waals surface area contributed by atoms with E-state index in [1.807, 2.05) is 0 Å². The highest BCUT2D eigenvalue weighted by Crippen LogP contribution is 2.03. The molecule has 74 valence electrons. The van der Waals surface area contributed by atoms with Crippen LogP contribution in [0, 0.1) is 5.92 Å². The third-order valence-corrected chi connectivity index (χ3v) is 1.74. The summed E-state index contributed by atoms with van der Waals surface area (Å²) in [6.07, 6.45) is 0.470. The van der Waals surface area contributed by atoms with Crippen LogP contribution in [0.5, 0.6) is 0 Å². The summed E-state index contributed by atoms with van der Waals surface area (Å²) in [5.74, 6) is 0.666. The molecule has 0 saturated heterocycles. The Kier molecular flexibility index (Phi) is 6.34. The van der Waals surface area contributed by atoms with E-state index in [9.17, 15) is 0 Å². The van der Waals surface area contributed by atoms with E-state index in [4.69, 9.17) is 10.2 Å². The van der Waals surface area contributed by atoms with Gasteiger partial charge >= 0.3 is 0 Å². The minimum Gasteiger partial charge on any atom is -0.394 e. The Bertz CT molecular complexity index is 107. The topological polar surface area (TPSA) is 52.5 Å². The van der Waals surface area contributed by atoms with Gasteiger partial charge in [0.15, 0.2) is 0 Å². The molecule has 0 aliphatic carbocycles. The first-order chi connectivity index (χ1) is 5.56. The van der Waals surface area contributed by atoms with Crippen LogP contribution in [-0.4, -0.2) is 35.5 Å². The highest BCUT2D eigenvalue weighted by Gasteiger charge is 2.06. The highest BCUT2D eigenvalue weighted by atomic mass is 16.3. The van der Waals surface area contributed by atoms with Crippen molar-refractivity contribution < 1.29 is 10.2 Å². The van der Waals surface area contributed by atoms with Crippen LogP contribution in [0.1, 0.15) is 27.2 Å². The van der Waals surface area contributed by atoms with E-state index < -0.39 is 6.10 Å². The lowest BCUT2D eigenvalue weighted by molar-refractivity contribution is 0.0917. The molecule has 0 saturated carbocycles. The zero-order valence-electron chi connectivity index (χ0n) is 8.25. The molecule has 0 aromatic rings. The molecule has 0 bridgehead atoms. The molecular weight excluding hydrogens is 154 g/mol. The van der Waals surface area contributed by atoms with E-state index in [2.05, 4.69) is 26.1 Å². The number of rotatable bonds is 6. The number of hydrogen-bond acceptors (Lipinski definition) is 3. The Morgan fingerprint density at radius 2 is 1.83 bits per heavy atom. The average Bonchev–Trinajstić information content (AvgIpc) is 1.99. The molecule has 0 amide bonds. The lowest BCUT2D eigenvalue weighted by Crippen LogP contribution is -2.36. The number of hydrogen-bond donors (Lipinski definition) is 3. The van der Waals surface area contributed by atoms with Gasteiger partial charge in [0.1, 0.15) is 0 Å².